The fourth-order valence-corrected chi connectivity index (χ4v) is 3.41. The molecule has 1 amide bonds. The zero-order valence-corrected chi connectivity index (χ0v) is 15.3. The van der Waals surface area contributed by atoms with Gasteiger partial charge in [0.05, 0.1) is 22.0 Å². The number of hydrogen-bond acceptors (Lipinski definition) is 5. The van der Waals surface area contributed by atoms with E-state index in [0.717, 1.165) is 5.56 Å². The Kier molecular flexibility index (Phi) is 4.99. The molecule has 0 aliphatic rings. The molecule has 1 atom stereocenters. The van der Waals surface area contributed by atoms with E-state index in [-0.39, 0.29) is 16.8 Å². The lowest BCUT2D eigenvalue weighted by Crippen LogP contribution is -2.28. The van der Waals surface area contributed by atoms with Gasteiger partial charge in [-0.3, -0.25) is 14.8 Å². The minimum Gasteiger partial charge on any atom is -0.345 e. The summed E-state index contributed by atoms with van der Waals surface area (Å²) >= 11 is 0. The summed E-state index contributed by atoms with van der Waals surface area (Å²) in [6.45, 7) is 1.96. The molecule has 3 aromatic rings. The van der Waals surface area contributed by atoms with Crippen LogP contribution >= 0.6 is 0 Å². The zero-order chi connectivity index (χ0) is 18.7. The fourth-order valence-electron chi connectivity index (χ4n) is 2.78. The van der Waals surface area contributed by atoms with Crippen molar-refractivity contribution in [1.29, 1.82) is 0 Å². The Labute approximate surface area is 152 Å². The van der Waals surface area contributed by atoms with Crippen LogP contribution < -0.4 is 5.32 Å². The van der Waals surface area contributed by atoms with E-state index < -0.39 is 9.84 Å². The topological polar surface area (TPSA) is 89.0 Å². The van der Waals surface area contributed by atoms with Crippen LogP contribution in [0.15, 0.2) is 59.8 Å². The zero-order valence-electron chi connectivity index (χ0n) is 14.5. The Morgan fingerprint density at radius 2 is 1.77 bits per heavy atom. The molecular weight excluding hydrogens is 350 g/mol. The normalized spacial score (nSPS) is 12.7. The van der Waals surface area contributed by atoms with Crippen molar-refractivity contribution < 1.29 is 13.2 Å². The first-order valence-electron chi connectivity index (χ1n) is 8.20. The van der Waals surface area contributed by atoms with Crippen molar-refractivity contribution in [1.82, 2.24) is 15.3 Å². The molecule has 134 valence electrons. The third kappa shape index (κ3) is 3.72. The number of aromatic nitrogens is 2. The Morgan fingerprint density at radius 1 is 1.08 bits per heavy atom. The van der Waals surface area contributed by atoms with E-state index in [1.54, 1.807) is 54.9 Å². The van der Waals surface area contributed by atoms with Gasteiger partial charge in [-0.05, 0) is 36.2 Å². The van der Waals surface area contributed by atoms with E-state index >= 15 is 0 Å². The molecule has 0 bridgehead atoms. The molecule has 7 heteroatoms. The predicted molar refractivity (Wildman–Crippen MR) is 99.6 cm³/mol. The highest BCUT2D eigenvalue weighted by atomic mass is 32.2. The first kappa shape index (κ1) is 18.0. The summed E-state index contributed by atoms with van der Waals surface area (Å²) in [5.41, 5.74) is 2.52. The van der Waals surface area contributed by atoms with Gasteiger partial charge >= 0.3 is 0 Å². The van der Waals surface area contributed by atoms with Gasteiger partial charge in [-0.15, -0.1) is 0 Å². The summed E-state index contributed by atoms with van der Waals surface area (Å²) in [7, 11) is -3.24. The van der Waals surface area contributed by atoms with Gasteiger partial charge in [-0.1, -0.05) is 25.1 Å². The molecule has 0 saturated carbocycles. The van der Waals surface area contributed by atoms with Crippen LogP contribution in [0.2, 0.25) is 0 Å². The van der Waals surface area contributed by atoms with Crippen molar-refractivity contribution >= 4 is 26.8 Å². The van der Waals surface area contributed by atoms with E-state index in [9.17, 15) is 13.2 Å². The minimum atomic E-state index is -3.24. The van der Waals surface area contributed by atoms with Crippen LogP contribution in [0.5, 0.6) is 0 Å². The fraction of sp³-hybridized carbons (Fsp3) is 0.211. The van der Waals surface area contributed by atoms with E-state index in [2.05, 4.69) is 15.3 Å². The molecule has 0 radical (unpaired) electrons. The molecule has 1 aromatic heterocycles. The number of nitrogens with one attached hydrogen (secondary N) is 1. The molecule has 3 rings (SSSR count). The molecule has 0 spiro atoms. The Balaban J connectivity index is 1.87. The molecule has 0 saturated heterocycles. The minimum absolute atomic E-state index is 0.233. The van der Waals surface area contributed by atoms with Crippen molar-refractivity contribution in [2.24, 2.45) is 0 Å². The molecule has 2 aromatic carbocycles. The van der Waals surface area contributed by atoms with Gasteiger partial charge in [0.15, 0.2) is 9.84 Å². The van der Waals surface area contributed by atoms with Gasteiger partial charge in [-0.25, -0.2) is 8.42 Å². The summed E-state index contributed by atoms with van der Waals surface area (Å²) in [6.07, 6.45) is 4.98. The van der Waals surface area contributed by atoms with Gasteiger partial charge in [0, 0.05) is 18.6 Å². The highest BCUT2D eigenvalue weighted by Crippen LogP contribution is 2.21. The average molecular weight is 369 g/mol. The number of rotatable bonds is 5. The number of sulfone groups is 1. The van der Waals surface area contributed by atoms with Gasteiger partial charge in [-0.2, -0.15) is 0 Å². The lowest BCUT2D eigenvalue weighted by molar-refractivity contribution is 0.0937. The molecule has 1 N–H and O–H groups in total. The number of carbonyl (C=O) groups excluding carboxylic acids is 1. The molecular formula is C19H19N3O3S. The van der Waals surface area contributed by atoms with Crippen LogP contribution in [-0.4, -0.2) is 30.5 Å². The number of hydrogen-bond donors (Lipinski definition) is 1. The molecule has 0 fully saturated rings. The number of nitrogens with zero attached hydrogens (tertiary/aromatic N) is 2. The first-order chi connectivity index (χ1) is 12.4. The molecule has 1 heterocycles. The smallest absolute Gasteiger partial charge is 0.254 e. The van der Waals surface area contributed by atoms with Crippen molar-refractivity contribution in [3.8, 4) is 0 Å². The first-order valence-corrected chi connectivity index (χ1v) is 10.1. The van der Waals surface area contributed by atoms with Crippen molar-refractivity contribution in [2.45, 2.75) is 24.3 Å². The highest BCUT2D eigenvalue weighted by molar-refractivity contribution is 7.90. The Hall–Kier alpha value is -2.80. The van der Waals surface area contributed by atoms with Crippen LogP contribution in [-0.2, 0) is 9.84 Å². The number of fused-ring (bicyclic) bond motifs is 1. The SMILES string of the molecule is CC[C@@H](NC(=O)c1cccc2nccnc12)c1ccc(S(C)(=O)=O)cc1. The van der Waals surface area contributed by atoms with Crippen molar-refractivity contribution in [3.05, 3.63) is 66.0 Å². The van der Waals surface area contributed by atoms with E-state index in [1.807, 2.05) is 6.92 Å². The summed E-state index contributed by atoms with van der Waals surface area (Å²) in [5, 5.41) is 2.99. The van der Waals surface area contributed by atoms with E-state index in [0.29, 0.717) is 23.0 Å². The summed E-state index contributed by atoms with van der Waals surface area (Å²) < 4.78 is 23.2. The van der Waals surface area contributed by atoms with E-state index in [1.165, 1.54) is 6.26 Å². The summed E-state index contributed by atoms with van der Waals surface area (Å²) in [4.78, 5) is 21.5. The lowest BCUT2D eigenvalue weighted by atomic mass is 10.0. The van der Waals surface area contributed by atoms with Crippen LogP contribution in [0, 0.1) is 0 Å². The molecule has 0 unspecified atom stereocenters. The quantitative estimate of drug-likeness (QED) is 0.747. The average Bonchev–Trinajstić information content (AvgIpc) is 2.65. The molecule has 0 aliphatic heterocycles. The number of carbonyl (C=O) groups is 1. The Bertz CT molecular complexity index is 1040. The Morgan fingerprint density at radius 3 is 2.42 bits per heavy atom. The summed E-state index contributed by atoms with van der Waals surface area (Å²) in [5.74, 6) is -0.241. The maximum atomic E-state index is 12.8. The standard InChI is InChI=1S/C19H19N3O3S/c1-3-16(13-7-9-14(10-8-13)26(2,24)25)22-19(23)15-5-4-6-17-18(15)21-12-11-20-17/h4-12,16H,3H2,1-2H3,(H,22,23)/t16-/m1/s1. The highest BCUT2D eigenvalue weighted by Gasteiger charge is 2.17. The second kappa shape index (κ2) is 7.21. The van der Waals surface area contributed by atoms with Crippen LogP contribution in [0.3, 0.4) is 0 Å². The van der Waals surface area contributed by atoms with E-state index in [4.69, 9.17) is 0 Å². The van der Waals surface area contributed by atoms with Crippen LogP contribution in [0.25, 0.3) is 11.0 Å². The second-order valence-electron chi connectivity index (χ2n) is 6.01. The predicted octanol–water partition coefficient (Wildman–Crippen LogP) is 2.91. The number of para-hydroxylation sites is 1. The van der Waals surface area contributed by atoms with Gasteiger partial charge in [0.1, 0.15) is 5.52 Å². The van der Waals surface area contributed by atoms with Crippen molar-refractivity contribution in [3.63, 3.8) is 0 Å². The number of benzene rings is 2. The molecule has 26 heavy (non-hydrogen) atoms. The maximum Gasteiger partial charge on any atom is 0.254 e. The molecule has 6 nitrogen and oxygen atoms in total. The lowest BCUT2D eigenvalue weighted by Gasteiger charge is -2.18. The number of amides is 1. The van der Waals surface area contributed by atoms with Crippen LogP contribution in [0.4, 0.5) is 0 Å². The van der Waals surface area contributed by atoms with Gasteiger partial charge in [0.2, 0.25) is 0 Å². The monoisotopic (exact) mass is 369 g/mol. The van der Waals surface area contributed by atoms with Gasteiger partial charge in [0.25, 0.3) is 5.91 Å². The van der Waals surface area contributed by atoms with Crippen LogP contribution in [0.1, 0.15) is 35.3 Å². The summed E-state index contributed by atoms with van der Waals surface area (Å²) in [6, 6.07) is 11.6. The van der Waals surface area contributed by atoms with Gasteiger partial charge < -0.3 is 5.32 Å². The van der Waals surface area contributed by atoms with Crippen molar-refractivity contribution in [2.75, 3.05) is 6.26 Å². The largest absolute Gasteiger partial charge is 0.345 e. The molecule has 0 aliphatic carbocycles. The maximum absolute atomic E-state index is 12.8. The third-order valence-corrected chi connectivity index (χ3v) is 5.30. The third-order valence-electron chi connectivity index (χ3n) is 4.17. The second-order valence-corrected chi connectivity index (χ2v) is 8.02.